The number of halogens is 3. The van der Waals surface area contributed by atoms with Crippen molar-refractivity contribution in [3.8, 4) is 0 Å². The summed E-state index contributed by atoms with van der Waals surface area (Å²) in [6, 6.07) is -0.196. The highest BCUT2D eigenvalue weighted by Crippen LogP contribution is 2.28. The van der Waals surface area contributed by atoms with Crippen LogP contribution in [0.4, 0.5) is 4.53 Å². The molecule has 0 aromatic carbocycles. The van der Waals surface area contributed by atoms with Gasteiger partial charge in [0.25, 0.3) is 0 Å². The average Bonchev–Trinajstić information content (AvgIpc) is 2.29. The minimum atomic E-state index is -1.15. The Labute approximate surface area is 101 Å². The summed E-state index contributed by atoms with van der Waals surface area (Å²) in [6.07, 6.45) is 4.83. The second kappa shape index (κ2) is 4.35. The van der Waals surface area contributed by atoms with Gasteiger partial charge in [-0.15, -0.1) is 0 Å². The van der Waals surface area contributed by atoms with Gasteiger partial charge in [0.15, 0.2) is 0 Å². The summed E-state index contributed by atoms with van der Waals surface area (Å²) >= 11 is 11.8. The van der Waals surface area contributed by atoms with Crippen molar-refractivity contribution in [3.05, 3.63) is 34.7 Å². The molecule has 0 aromatic rings. The monoisotopic (exact) mass is 264 g/mol. The SMILES string of the molecule is O=C(OF)C1=CNC2C=CC(Cl)NC2=C1Cl. The smallest absolute Gasteiger partial charge is 0.379 e. The summed E-state index contributed by atoms with van der Waals surface area (Å²) in [5.41, 5.74) is 0.0247. The Balaban J connectivity index is 2.34. The molecule has 2 rings (SSSR count). The van der Waals surface area contributed by atoms with Crippen LogP contribution in [-0.2, 0) is 9.74 Å². The first-order chi connectivity index (χ1) is 7.63. The predicted molar refractivity (Wildman–Crippen MR) is 57.0 cm³/mol. The van der Waals surface area contributed by atoms with Gasteiger partial charge in [-0.3, -0.25) is 0 Å². The van der Waals surface area contributed by atoms with Gasteiger partial charge in [-0.05, 0) is 6.08 Å². The lowest BCUT2D eigenvalue weighted by molar-refractivity contribution is -0.177. The molecule has 16 heavy (non-hydrogen) atoms. The molecule has 86 valence electrons. The van der Waals surface area contributed by atoms with Gasteiger partial charge in [-0.1, -0.05) is 29.3 Å². The molecule has 0 saturated heterocycles. The molecule has 4 nitrogen and oxygen atoms in total. The fraction of sp³-hybridized carbons (Fsp3) is 0.222. The number of hydrogen-bond donors (Lipinski definition) is 2. The van der Waals surface area contributed by atoms with Crippen molar-refractivity contribution < 1.29 is 14.3 Å². The van der Waals surface area contributed by atoms with Crippen LogP contribution in [0.1, 0.15) is 0 Å². The van der Waals surface area contributed by atoms with E-state index >= 15 is 0 Å². The lowest BCUT2D eigenvalue weighted by Crippen LogP contribution is -2.42. The largest absolute Gasteiger partial charge is 0.382 e. The standard InChI is InChI=1S/C9H7Cl2FN2O2/c10-6-2-1-5-8(14-6)7(11)4(3-13-5)9(15)16-12/h1-3,5-6,13-14H. The van der Waals surface area contributed by atoms with E-state index in [0.29, 0.717) is 5.70 Å². The summed E-state index contributed by atoms with van der Waals surface area (Å²) in [5, 5.41) is 5.83. The third-order valence-corrected chi connectivity index (χ3v) is 2.91. The first kappa shape index (κ1) is 11.3. The van der Waals surface area contributed by atoms with Crippen LogP contribution in [0.5, 0.6) is 0 Å². The fourth-order valence-corrected chi connectivity index (χ4v) is 2.01. The Kier molecular flexibility index (Phi) is 3.07. The number of alkyl halides is 1. The molecule has 2 aliphatic rings. The highest BCUT2D eigenvalue weighted by atomic mass is 35.5. The fourth-order valence-electron chi connectivity index (χ4n) is 1.50. The van der Waals surface area contributed by atoms with Crippen LogP contribution in [0, 0.1) is 0 Å². The number of carbonyl (C=O) groups is 1. The molecule has 0 radical (unpaired) electrons. The zero-order valence-electron chi connectivity index (χ0n) is 7.84. The maximum absolute atomic E-state index is 11.8. The van der Waals surface area contributed by atoms with Gasteiger partial charge in [0.2, 0.25) is 0 Å². The maximum Gasteiger partial charge on any atom is 0.382 e. The first-order valence-electron chi connectivity index (χ1n) is 4.41. The number of carbonyl (C=O) groups excluding carboxylic acids is 1. The van der Waals surface area contributed by atoms with Gasteiger partial charge < -0.3 is 10.6 Å². The lowest BCUT2D eigenvalue weighted by atomic mass is 10.0. The summed E-state index contributed by atoms with van der Waals surface area (Å²) in [4.78, 5) is 14.2. The molecule has 0 aliphatic carbocycles. The van der Waals surface area contributed by atoms with E-state index in [1.54, 1.807) is 12.2 Å². The van der Waals surface area contributed by atoms with Crippen molar-refractivity contribution >= 4 is 29.2 Å². The van der Waals surface area contributed by atoms with Gasteiger partial charge in [-0.25, -0.2) is 9.74 Å². The van der Waals surface area contributed by atoms with Crippen molar-refractivity contribution in [1.29, 1.82) is 0 Å². The van der Waals surface area contributed by atoms with Gasteiger partial charge >= 0.3 is 5.97 Å². The highest BCUT2D eigenvalue weighted by molar-refractivity contribution is 6.35. The third-order valence-electron chi connectivity index (χ3n) is 2.25. The molecular weight excluding hydrogens is 258 g/mol. The summed E-state index contributed by atoms with van der Waals surface area (Å²) < 4.78 is 11.8. The highest BCUT2D eigenvalue weighted by Gasteiger charge is 2.29. The van der Waals surface area contributed by atoms with E-state index in [4.69, 9.17) is 23.2 Å². The number of nitrogens with one attached hydrogen (secondary N) is 2. The molecule has 0 bridgehead atoms. The van der Waals surface area contributed by atoms with Crippen LogP contribution in [-0.4, -0.2) is 17.5 Å². The average molecular weight is 265 g/mol. The minimum Gasteiger partial charge on any atom is -0.379 e. The van der Waals surface area contributed by atoms with E-state index in [0.717, 1.165) is 0 Å². The molecule has 2 unspecified atom stereocenters. The summed E-state index contributed by atoms with van der Waals surface area (Å²) in [6.45, 7) is 0. The molecule has 0 spiro atoms. The van der Waals surface area contributed by atoms with Crippen LogP contribution in [0.25, 0.3) is 0 Å². The normalized spacial score (nSPS) is 27.6. The van der Waals surface area contributed by atoms with Crippen molar-refractivity contribution in [3.63, 3.8) is 0 Å². The third kappa shape index (κ3) is 1.88. The Bertz CT molecular complexity index is 420. The van der Waals surface area contributed by atoms with Gasteiger partial charge in [0, 0.05) is 10.7 Å². The molecule has 0 amide bonds. The van der Waals surface area contributed by atoms with Crippen LogP contribution < -0.4 is 10.6 Å². The number of hydrogen-bond acceptors (Lipinski definition) is 4. The van der Waals surface area contributed by atoms with Crippen LogP contribution in [0.3, 0.4) is 0 Å². The molecular formula is C9H7Cl2FN2O2. The summed E-state index contributed by atoms with van der Waals surface area (Å²) in [7, 11) is 0. The van der Waals surface area contributed by atoms with E-state index in [1.807, 2.05) is 0 Å². The van der Waals surface area contributed by atoms with Crippen LogP contribution >= 0.6 is 23.2 Å². The minimum absolute atomic E-state index is 0.0814. The molecule has 2 heterocycles. The molecule has 2 atom stereocenters. The van der Waals surface area contributed by atoms with Crippen molar-refractivity contribution in [2.75, 3.05) is 0 Å². The van der Waals surface area contributed by atoms with Crippen molar-refractivity contribution in [2.24, 2.45) is 0 Å². The van der Waals surface area contributed by atoms with Gasteiger partial charge in [-0.2, -0.15) is 0 Å². The van der Waals surface area contributed by atoms with Crippen molar-refractivity contribution in [2.45, 2.75) is 11.5 Å². The van der Waals surface area contributed by atoms with E-state index in [-0.39, 0.29) is 16.6 Å². The van der Waals surface area contributed by atoms with Crippen LogP contribution in [0.2, 0.25) is 0 Å². The second-order valence-corrected chi connectivity index (χ2v) is 4.07. The number of dihydropyridines is 1. The molecule has 0 aromatic heterocycles. The van der Waals surface area contributed by atoms with Crippen LogP contribution in [0.15, 0.2) is 34.7 Å². The summed E-state index contributed by atoms with van der Waals surface area (Å²) in [5.74, 6) is -1.15. The van der Waals surface area contributed by atoms with E-state index in [1.165, 1.54) is 6.20 Å². The zero-order valence-corrected chi connectivity index (χ0v) is 9.35. The van der Waals surface area contributed by atoms with Gasteiger partial charge in [0.1, 0.15) is 5.50 Å². The number of rotatable bonds is 1. The Morgan fingerprint density at radius 2 is 2.25 bits per heavy atom. The first-order valence-corrected chi connectivity index (χ1v) is 5.23. The quantitative estimate of drug-likeness (QED) is 0.428. The molecule has 7 heteroatoms. The zero-order chi connectivity index (χ0) is 11.7. The Hall–Kier alpha value is -1.20. The Morgan fingerprint density at radius 1 is 1.50 bits per heavy atom. The topological polar surface area (TPSA) is 50.4 Å². The second-order valence-electron chi connectivity index (χ2n) is 3.23. The molecule has 0 saturated carbocycles. The van der Waals surface area contributed by atoms with Crippen molar-refractivity contribution in [1.82, 2.24) is 10.6 Å². The van der Waals surface area contributed by atoms with E-state index in [9.17, 15) is 9.32 Å². The van der Waals surface area contributed by atoms with E-state index in [2.05, 4.69) is 15.6 Å². The Morgan fingerprint density at radius 3 is 2.94 bits per heavy atom. The molecule has 2 aliphatic heterocycles. The molecule has 2 N–H and O–H groups in total. The number of fused-ring (bicyclic) bond motifs is 1. The maximum atomic E-state index is 11.8. The predicted octanol–water partition coefficient (Wildman–Crippen LogP) is 1.44. The van der Waals surface area contributed by atoms with Gasteiger partial charge in [0.05, 0.1) is 22.3 Å². The molecule has 0 fully saturated rings. The van der Waals surface area contributed by atoms with E-state index < -0.39 is 11.5 Å². The lowest BCUT2D eigenvalue weighted by Gasteiger charge is -2.30.